The number of piperidine rings is 1. The molecule has 1 atom stereocenters. The van der Waals surface area contributed by atoms with Crippen LogP contribution in [0.25, 0.3) is 5.65 Å². The van der Waals surface area contributed by atoms with Crippen LogP contribution in [0.3, 0.4) is 0 Å². The van der Waals surface area contributed by atoms with Gasteiger partial charge in [0.2, 0.25) is 11.9 Å². The number of piperazine rings is 1. The molecule has 0 aliphatic carbocycles. The number of fused-ring (bicyclic) bond motifs is 1. The highest BCUT2D eigenvalue weighted by molar-refractivity contribution is 6.32. The molecule has 2 saturated heterocycles. The first-order valence-electron chi connectivity index (χ1n) is 12.7. The van der Waals surface area contributed by atoms with Crippen molar-refractivity contribution in [3.63, 3.8) is 0 Å². The minimum absolute atomic E-state index is 0.0572. The maximum absolute atomic E-state index is 13.3. The number of carbonyl (C=O) groups is 1. The van der Waals surface area contributed by atoms with Crippen molar-refractivity contribution < 1.29 is 4.79 Å². The van der Waals surface area contributed by atoms with Gasteiger partial charge in [-0.05, 0) is 52.8 Å². The maximum atomic E-state index is 13.3. The number of imidazole rings is 1. The molecule has 5 rings (SSSR count). The minimum Gasteiger partial charge on any atom is -0.355 e. The van der Waals surface area contributed by atoms with Crippen molar-refractivity contribution in [1.29, 1.82) is 0 Å². The van der Waals surface area contributed by atoms with E-state index in [2.05, 4.69) is 44.0 Å². The number of nitrogens with one attached hydrogen (secondary N) is 1. The zero-order valence-corrected chi connectivity index (χ0v) is 22.2. The van der Waals surface area contributed by atoms with E-state index >= 15 is 0 Å². The van der Waals surface area contributed by atoms with Crippen LogP contribution in [-0.2, 0) is 10.3 Å². The monoisotopic (exact) mass is 510 g/mol. The molecule has 36 heavy (non-hydrogen) atoms. The Hall–Kier alpha value is -2.91. The Labute approximate surface area is 217 Å². The lowest BCUT2D eigenvalue weighted by Crippen LogP contribution is -2.50. The quantitative estimate of drug-likeness (QED) is 0.564. The summed E-state index contributed by atoms with van der Waals surface area (Å²) in [4.78, 5) is 33.9. The van der Waals surface area contributed by atoms with Gasteiger partial charge in [0.15, 0.2) is 5.82 Å². The summed E-state index contributed by atoms with van der Waals surface area (Å²) in [5, 5.41) is 3.82. The molecule has 0 saturated carbocycles. The number of hydrogen-bond acceptors (Lipinski definition) is 7. The average Bonchev–Trinajstić information content (AvgIpc) is 3.31. The molecule has 3 aromatic rings. The highest BCUT2D eigenvalue weighted by Crippen LogP contribution is 2.30. The lowest BCUT2D eigenvalue weighted by molar-refractivity contribution is -0.127. The average molecular weight is 511 g/mol. The molecule has 0 radical (unpaired) electrons. The van der Waals surface area contributed by atoms with Crippen LogP contribution in [0.2, 0.25) is 5.02 Å². The van der Waals surface area contributed by atoms with E-state index in [4.69, 9.17) is 16.6 Å². The molecule has 5 heterocycles. The number of amides is 1. The topological polar surface area (TPSA) is 81.9 Å². The molecule has 2 aliphatic heterocycles. The summed E-state index contributed by atoms with van der Waals surface area (Å²) in [5.74, 6) is 1.51. The first-order valence-corrected chi connectivity index (χ1v) is 13.1. The predicted molar refractivity (Wildman–Crippen MR) is 143 cm³/mol. The fourth-order valence-corrected chi connectivity index (χ4v) is 5.39. The van der Waals surface area contributed by atoms with Crippen LogP contribution in [0.4, 0.5) is 11.8 Å². The van der Waals surface area contributed by atoms with Crippen LogP contribution in [-0.4, -0.2) is 76.0 Å². The molecule has 192 valence electrons. The van der Waals surface area contributed by atoms with E-state index in [1.165, 1.54) is 0 Å². The summed E-state index contributed by atoms with van der Waals surface area (Å²) in [6.45, 7) is 10.5. The van der Waals surface area contributed by atoms with Gasteiger partial charge in [-0.1, -0.05) is 17.7 Å². The van der Waals surface area contributed by atoms with E-state index < -0.39 is 5.54 Å². The van der Waals surface area contributed by atoms with Crippen LogP contribution >= 0.6 is 11.6 Å². The molecule has 2 aliphatic rings. The second-order valence-electron chi connectivity index (χ2n) is 10.6. The highest BCUT2D eigenvalue weighted by atomic mass is 35.5. The van der Waals surface area contributed by atoms with Gasteiger partial charge < -0.3 is 24.4 Å². The third kappa shape index (κ3) is 4.86. The third-order valence-corrected chi connectivity index (χ3v) is 7.88. The molecule has 3 aromatic heterocycles. The Morgan fingerprint density at radius 1 is 1.08 bits per heavy atom. The van der Waals surface area contributed by atoms with E-state index in [1.54, 1.807) is 6.20 Å². The zero-order valence-electron chi connectivity index (χ0n) is 21.5. The molecule has 0 aromatic carbocycles. The minimum atomic E-state index is -0.542. The lowest BCUT2D eigenvalue weighted by atomic mass is 9.93. The molecular formula is C26H35ClN8O. The van der Waals surface area contributed by atoms with Crippen LogP contribution in [0, 0.1) is 5.92 Å². The summed E-state index contributed by atoms with van der Waals surface area (Å²) in [7, 11) is 2.15. The largest absolute Gasteiger partial charge is 0.355 e. The summed E-state index contributed by atoms with van der Waals surface area (Å²) in [6, 6.07) is 6.34. The van der Waals surface area contributed by atoms with Gasteiger partial charge in [-0.25, -0.2) is 9.97 Å². The van der Waals surface area contributed by atoms with Gasteiger partial charge in [0.25, 0.3) is 0 Å². The third-order valence-electron chi connectivity index (χ3n) is 7.61. The molecule has 2 fully saturated rings. The second kappa shape index (κ2) is 9.86. The molecule has 0 unspecified atom stereocenters. The van der Waals surface area contributed by atoms with Crippen LogP contribution < -0.4 is 15.1 Å². The maximum Gasteiger partial charge on any atom is 0.227 e. The Morgan fingerprint density at radius 3 is 2.61 bits per heavy atom. The summed E-state index contributed by atoms with van der Waals surface area (Å²) < 4.78 is 2.03. The fourth-order valence-electron chi connectivity index (χ4n) is 5.18. The van der Waals surface area contributed by atoms with Crippen molar-refractivity contribution in [2.45, 2.75) is 45.2 Å². The number of aromatic nitrogens is 4. The van der Waals surface area contributed by atoms with Crippen molar-refractivity contribution in [1.82, 2.24) is 29.6 Å². The highest BCUT2D eigenvalue weighted by Gasteiger charge is 2.33. The number of pyridine rings is 1. The number of hydrogen-bond donors (Lipinski definition) is 1. The number of nitrogens with zero attached hydrogens (tertiary/aromatic N) is 7. The van der Waals surface area contributed by atoms with Crippen LogP contribution in [0.1, 0.15) is 39.3 Å². The van der Waals surface area contributed by atoms with Gasteiger partial charge in [0, 0.05) is 50.9 Å². The van der Waals surface area contributed by atoms with E-state index in [0.29, 0.717) is 11.1 Å². The van der Waals surface area contributed by atoms with Crippen molar-refractivity contribution >= 4 is 34.9 Å². The van der Waals surface area contributed by atoms with E-state index in [-0.39, 0.29) is 11.8 Å². The predicted octanol–water partition coefficient (Wildman–Crippen LogP) is 3.19. The van der Waals surface area contributed by atoms with Gasteiger partial charge in [-0.2, -0.15) is 4.98 Å². The molecule has 0 bridgehead atoms. The van der Waals surface area contributed by atoms with Crippen molar-refractivity contribution in [3.05, 3.63) is 47.5 Å². The molecule has 9 nitrogen and oxygen atoms in total. The standard InChI is InChI=1S/C26H35ClN8O/c1-18-17-34(14-13-32(18)4)25-29-15-20(27)23(30-25)33-11-8-19(9-12-33)24(36)31-26(2,3)21-16-28-22-7-5-6-10-35(21)22/h5-7,10,15-16,18-19H,8-9,11-14,17H2,1-4H3,(H,31,36)/t18-/m0/s1. The van der Waals surface area contributed by atoms with E-state index in [1.807, 2.05) is 48.8 Å². The Kier molecular flexibility index (Phi) is 6.78. The van der Waals surface area contributed by atoms with Crippen molar-refractivity contribution in [2.75, 3.05) is 49.6 Å². The van der Waals surface area contributed by atoms with Gasteiger partial charge >= 0.3 is 0 Å². The first kappa shape index (κ1) is 24.8. The summed E-state index contributed by atoms with van der Waals surface area (Å²) in [6.07, 6.45) is 7.02. The van der Waals surface area contributed by atoms with Crippen LogP contribution in [0.5, 0.6) is 0 Å². The van der Waals surface area contributed by atoms with E-state index in [9.17, 15) is 4.79 Å². The van der Waals surface area contributed by atoms with E-state index in [0.717, 1.165) is 68.7 Å². The fraction of sp³-hybridized carbons (Fsp3) is 0.538. The molecular weight excluding hydrogens is 476 g/mol. The molecule has 10 heteroatoms. The lowest BCUT2D eigenvalue weighted by Gasteiger charge is -2.38. The molecule has 1 N–H and O–H groups in total. The van der Waals surface area contributed by atoms with Crippen molar-refractivity contribution in [3.8, 4) is 0 Å². The normalized spacial score (nSPS) is 20.2. The number of likely N-dealkylation sites (N-methyl/N-ethyl adjacent to an activating group) is 1. The van der Waals surface area contributed by atoms with Gasteiger partial charge in [-0.15, -0.1) is 0 Å². The smallest absolute Gasteiger partial charge is 0.227 e. The summed E-state index contributed by atoms with van der Waals surface area (Å²) >= 11 is 6.53. The SMILES string of the molecule is C[C@H]1CN(c2ncc(Cl)c(N3CCC(C(=O)NC(C)(C)c4cnc5ccccn45)CC3)n2)CCN1C. The first-order chi connectivity index (χ1) is 17.2. The molecule has 1 amide bonds. The number of carbonyl (C=O) groups excluding carboxylic acids is 1. The number of rotatable bonds is 5. The van der Waals surface area contributed by atoms with Gasteiger partial charge in [-0.3, -0.25) is 4.79 Å². The number of anilines is 2. The second-order valence-corrected chi connectivity index (χ2v) is 11.0. The van der Waals surface area contributed by atoms with Crippen molar-refractivity contribution in [2.24, 2.45) is 5.92 Å². The molecule has 0 spiro atoms. The van der Waals surface area contributed by atoms with Crippen LogP contribution in [0.15, 0.2) is 36.8 Å². The Bertz CT molecular complexity index is 1240. The zero-order chi connectivity index (χ0) is 25.4. The Morgan fingerprint density at radius 2 is 1.86 bits per heavy atom. The van der Waals surface area contributed by atoms with Gasteiger partial charge in [0.05, 0.1) is 23.6 Å². The Balaban J connectivity index is 1.23. The summed E-state index contributed by atoms with van der Waals surface area (Å²) in [5.41, 5.74) is 1.29. The van der Waals surface area contributed by atoms with Gasteiger partial charge in [0.1, 0.15) is 10.7 Å². The number of halogens is 1.